The topological polar surface area (TPSA) is 12.0 Å². The van der Waals surface area contributed by atoms with E-state index >= 15 is 0 Å². The van der Waals surface area contributed by atoms with E-state index in [1.807, 2.05) is 19.9 Å². The summed E-state index contributed by atoms with van der Waals surface area (Å²) in [4.78, 5) is 0. The first kappa shape index (κ1) is 28.2. The van der Waals surface area contributed by atoms with Crippen LogP contribution in [-0.2, 0) is 0 Å². The van der Waals surface area contributed by atoms with Crippen LogP contribution in [0, 0.1) is 23.2 Å². The summed E-state index contributed by atoms with van der Waals surface area (Å²) in [6.07, 6.45) is 27.0. The minimum Gasteiger partial charge on any atom is -0.317 e. The largest absolute Gasteiger partial charge is 0.317 e. The minimum absolute atomic E-state index is 0.405. The SMILES string of the molecule is C1CCNC1.C=Cc1cc(C2CCC3C4CCC5CCCCC5=CC4=CCC23C)ccc1/C=C\C.CC. The number of allylic oxidation sites excluding steroid dienone is 5. The van der Waals surface area contributed by atoms with E-state index in [-0.39, 0.29) is 0 Å². The van der Waals surface area contributed by atoms with E-state index in [0.717, 1.165) is 17.8 Å². The molecule has 1 aromatic rings. The Bertz CT molecular complexity index is 982. The zero-order valence-corrected chi connectivity index (χ0v) is 24.3. The lowest BCUT2D eigenvalue weighted by Gasteiger charge is -2.44. The highest BCUT2D eigenvalue weighted by molar-refractivity contribution is 5.65. The van der Waals surface area contributed by atoms with E-state index in [1.165, 1.54) is 94.8 Å². The maximum Gasteiger partial charge on any atom is -0.00484 e. The number of rotatable bonds is 3. The number of benzene rings is 1. The minimum atomic E-state index is 0.405. The molecule has 2 saturated carbocycles. The molecule has 1 heteroatoms. The predicted octanol–water partition coefficient (Wildman–Crippen LogP) is 10.1. The van der Waals surface area contributed by atoms with Gasteiger partial charge in [0.05, 0.1) is 0 Å². The van der Waals surface area contributed by atoms with Gasteiger partial charge in [0.15, 0.2) is 0 Å². The molecular formula is C36H53N. The quantitative estimate of drug-likeness (QED) is 0.436. The standard InChI is InChI=1S/C30H38.C4H9N.C2H6/c1-4-8-22-11-12-26(19-21(22)5-2)28-15-16-29-27-14-13-23-9-6-7-10-24(23)20-25(27)17-18-30(28,29)3;1-2-4-5-3-1;1-2/h4-5,8,11-12,17,19-20,23,27-29H,2,6-7,9-10,13-16,18H2,1,3H3;5H,1-4H2;1-2H3/b8-4-;;. The van der Waals surface area contributed by atoms with Gasteiger partial charge < -0.3 is 5.32 Å². The number of fused-ring (bicyclic) bond motifs is 4. The molecule has 1 nitrogen and oxygen atoms in total. The van der Waals surface area contributed by atoms with Gasteiger partial charge in [-0.1, -0.05) is 87.9 Å². The zero-order chi connectivity index (χ0) is 26.3. The summed E-state index contributed by atoms with van der Waals surface area (Å²) in [6.45, 7) is 15.3. The fraction of sp³-hybridized carbons (Fsp3) is 0.611. The molecule has 202 valence electrons. The van der Waals surface area contributed by atoms with Crippen LogP contribution in [0.1, 0.15) is 121 Å². The Hall–Kier alpha value is -1.86. The Kier molecular flexibility index (Phi) is 10.1. The monoisotopic (exact) mass is 499 g/mol. The molecule has 0 amide bonds. The van der Waals surface area contributed by atoms with E-state index in [1.54, 1.807) is 16.7 Å². The van der Waals surface area contributed by atoms with Gasteiger partial charge in [0.25, 0.3) is 0 Å². The average Bonchev–Trinajstić information content (AvgIpc) is 3.59. The van der Waals surface area contributed by atoms with Crippen molar-refractivity contribution < 1.29 is 0 Å². The van der Waals surface area contributed by atoms with Crippen molar-refractivity contribution in [3.8, 4) is 0 Å². The number of hydrogen-bond acceptors (Lipinski definition) is 1. The third-order valence-corrected chi connectivity index (χ3v) is 10.1. The summed E-state index contributed by atoms with van der Waals surface area (Å²) in [6, 6.07) is 7.15. The van der Waals surface area contributed by atoms with Crippen LogP contribution in [0.5, 0.6) is 0 Å². The molecule has 1 saturated heterocycles. The Morgan fingerprint density at radius 2 is 1.76 bits per heavy atom. The van der Waals surface area contributed by atoms with Crippen molar-refractivity contribution >= 4 is 12.2 Å². The Labute approximate surface area is 228 Å². The Morgan fingerprint density at radius 3 is 2.46 bits per heavy atom. The molecule has 1 aromatic carbocycles. The van der Waals surface area contributed by atoms with Gasteiger partial charge in [-0.2, -0.15) is 0 Å². The summed E-state index contributed by atoms with van der Waals surface area (Å²) in [5.74, 6) is 3.22. The van der Waals surface area contributed by atoms with Crippen molar-refractivity contribution in [2.75, 3.05) is 13.1 Å². The van der Waals surface area contributed by atoms with Crippen LogP contribution in [0.3, 0.4) is 0 Å². The predicted molar refractivity (Wildman–Crippen MR) is 164 cm³/mol. The van der Waals surface area contributed by atoms with Crippen LogP contribution < -0.4 is 5.32 Å². The first-order valence-electron chi connectivity index (χ1n) is 15.6. The summed E-state index contributed by atoms with van der Waals surface area (Å²) in [5.41, 5.74) is 8.03. The highest BCUT2D eigenvalue weighted by Crippen LogP contribution is 2.62. The third kappa shape index (κ3) is 6.08. The molecule has 1 N–H and O–H groups in total. The van der Waals surface area contributed by atoms with Crippen LogP contribution in [0.4, 0.5) is 0 Å². The van der Waals surface area contributed by atoms with Crippen molar-refractivity contribution in [1.82, 2.24) is 5.32 Å². The van der Waals surface area contributed by atoms with Gasteiger partial charge in [-0.05, 0) is 136 Å². The molecular weight excluding hydrogens is 446 g/mol. The number of hydrogen-bond donors (Lipinski definition) is 1. The van der Waals surface area contributed by atoms with Crippen LogP contribution in [-0.4, -0.2) is 13.1 Å². The second kappa shape index (κ2) is 13.3. The maximum absolute atomic E-state index is 4.09. The molecule has 0 radical (unpaired) electrons. The first-order valence-corrected chi connectivity index (χ1v) is 15.6. The van der Waals surface area contributed by atoms with Gasteiger partial charge in [0.2, 0.25) is 0 Å². The van der Waals surface area contributed by atoms with Gasteiger partial charge in [0, 0.05) is 0 Å². The second-order valence-electron chi connectivity index (χ2n) is 12.0. The zero-order valence-electron chi connectivity index (χ0n) is 24.3. The van der Waals surface area contributed by atoms with Crippen molar-refractivity contribution in [3.63, 3.8) is 0 Å². The number of nitrogens with one attached hydrogen (secondary N) is 1. The molecule has 5 atom stereocenters. The van der Waals surface area contributed by atoms with E-state index in [4.69, 9.17) is 0 Å². The van der Waals surface area contributed by atoms with Gasteiger partial charge in [-0.3, -0.25) is 0 Å². The molecule has 5 aliphatic rings. The molecule has 4 aliphatic carbocycles. The highest BCUT2D eigenvalue weighted by Gasteiger charge is 2.52. The molecule has 6 rings (SSSR count). The molecule has 0 aromatic heterocycles. The van der Waals surface area contributed by atoms with Crippen LogP contribution in [0.2, 0.25) is 0 Å². The summed E-state index contributed by atoms with van der Waals surface area (Å²) < 4.78 is 0. The Morgan fingerprint density at radius 1 is 0.946 bits per heavy atom. The van der Waals surface area contributed by atoms with Crippen molar-refractivity contribution in [1.29, 1.82) is 0 Å². The molecule has 5 unspecified atom stereocenters. The van der Waals surface area contributed by atoms with Gasteiger partial charge in [-0.15, -0.1) is 0 Å². The van der Waals surface area contributed by atoms with Crippen LogP contribution in [0.25, 0.3) is 12.2 Å². The van der Waals surface area contributed by atoms with Crippen LogP contribution >= 0.6 is 0 Å². The summed E-state index contributed by atoms with van der Waals surface area (Å²) in [5, 5.41) is 3.22. The highest BCUT2D eigenvalue weighted by atomic mass is 14.9. The fourth-order valence-electron chi connectivity index (χ4n) is 8.19. The fourth-order valence-corrected chi connectivity index (χ4v) is 8.19. The van der Waals surface area contributed by atoms with Crippen molar-refractivity contribution in [2.24, 2.45) is 23.2 Å². The van der Waals surface area contributed by atoms with E-state index in [2.05, 4.69) is 68.2 Å². The second-order valence-corrected chi connectivity index (χ2v) is 12.0. The van der Waals surface area contributed by atoms with Crippen molar-refractivity contribution in [3.05, 3.63) is 70.8 Å². The molecule has 3 fully saturated rings. The lowest BCUT2D eigenvalue weighted by atomic mass is 9.60. The lowest BCUT2D eigenvalue weighted by Crippen LogP contribution is -2.35. The smallest absolute Gasteiger partial charge is 0.00484 e. The van der Waals surface area contributed by atoms with E-state index < -0.39 is 0 Å². The average molecular weight is 500 g/mol. The lowest BCUT2D eigenvalue weighted by molar-refractivity contribution is 0.136. The molecule has 1 heterocycles. The first-order chi connectivity index (χ1) is 18.1. The van der Waals surface area contributed by atoms with Gasteiger partial charge >= 0.3 is 0 Å². The van der Waals surface area contributed by atoms with E-state index in [9.17, 15) is 0 Å². The molecule has 0 bridgehead atoms. The third-order valence-electron chi connectivity index (χ3n) is 10.1. The molecule has 0 spiro atoms. The Balaban J connectivity index is 0.000000403. The van der Waals surface area contributed by atoms with Crippen LogP contribution in [0.15, 0.2) is 54.2 Å². The molecule has 37 heavy (non-hydrogen) atoms. The normalized spacial score (nSPS) is 32.3. The maximum atomic E-state index is 4.09. The van der Waals surface area contributed by atoms with Gasteiger partial charge in [-0.25, -0.2) is 0 Å². The summed E-state index contributed by atoms with van der Waals surface area (Å²) >= 11 is 0. The van der Waals surface area contributed by atoms with Crippen molar-refractivity contribution in [2.45, 2.75) is 104 Å². The summed E-state index contributed by atoms with van der Waals surface area (Å²) in [7, 11) is 0. The van der Waals surface area contributed by atoms with E-state index in [0.29, 0.717) is 11.3 Å². The molecule has 1 aliphatic heterocycles. The van der Waals surface area contributed by atoms with Gasteiger partial charge in [0.1, 0.15) is 0 Å².